The average Bonchev–Trinajstić information content (AvgIpc) is 2.76. The number of carbonyl (C=O) groups excluding carboxylic acids is 1. The molecule has 0 saturated carbocycles. The van der Waals surface area contributed by atoms with E-state index in [1.807, 2.05) is 21.1 Å². The number of ether oxygens (including phenoxy) is 2. The number of likely N-dealkylation sites (N-methyl/N-ethyl adjacent to an activating group) is 1. The van der Waals surface area contributed by atoms with E-state index in [1.54, 1.807) is 0 Å². The minimum absolute atomic E-state index is 0.00990. The molecule has 0 aliphatic rings. The maximum absolute atomic E-state index is 11.8. The van der Waals surface area contributed by atoms with Crippen molar-refractivity contribution in [2.24, 2.45) is 0 Å². The van der Waals surface area contributed by atoms with Crippen LogP contribution in [-0.2, 0) is 19.1 Å². The number of aliphatic hydroxyl groups is 1. The molecule has 196 valence electrons. The van der Waals surface area contributed by atoms with Gasteiger partial charge in [-0.25, -0.2) is 4.79 Å². The molecule has 0 saturated heterocycles. The fourth-order valence-electron chi connectivity index (χ4n) is 3.28. The van der Waals surface area contributed by atoms with E-state index in [2.05, 4.69) is 43.4 Å². The van der Waals surface area contributed by atoms with Gasteiger partial charge in [0.1, 0.15) is 12.7 Å². The van der Waals surface area contributed by atoms with E-state index < -0.39 is 18.1 Å². The van der Waals surface area contributed by atoms with Gasteiger partial charge in [0.15, 0.2) is 6.04 Å². The van der Waals surface area contributed by atoms with Crippen molar-refractivity contribution >= 4 is 11.9 Å². The lowest BCUT2D eigenvalue weighted by Gasteiger charge is -2.31. The van der Waals surface area contributed by atoms with Crippen molar-refractivity contribution in [2.45, 2.75) is 83.3 Å². The SMILES string of the molecule is CC/C=C/C/C=C/C/C=C/CCCCCCC(=O)OCC(O)COCCC(C(=O)O)[N+](C)(C)C. The molecule has 0 aromatic carbocycles. The molecule has 0 aromatic rings. The second-order valence-electron chi connectivity index (χ2n) is 9.42. The van der Waals surface area contributed by atoms with Gasteiger partial charge >= 0.3 is 11.9 Å². The molecule has 0 rings (SSSR count). The summed E-state index contributed by atoms with van der Waals surface area (Å²) in [6.07, 6.45) is 21.0. The third-order valence-electron chi connectivity index (χ3n) is 5.28. The van der Waals surface area contributed by atoms with Gasteiger partial charge in [-0.2, -0.15) is 0 Å². The van der Waals surface area contributed by atoms with Crippen molar-refractivity contribution in [3.63, 3.8) is 0 Å². The van der Waals surface area contributed by atoms with Crippen molar-refractivity contribution in [1.29, 1.82) is 0 Å². The van der Waals surface area contributed by atoms with Crippen LogP contribution < -0.4 is 0 Å². The van der Waals surface area contributed by atoms with Gasteiger partial charge in [0, 0.05) is 12.8 Å². The topological polar surface area (TPSA) is 93.1 Å². The highest BCUT2D eigenvalue weighted by atomic mass is 16.5. The number of hydrogen-bond acceptors (Lipinski definition) is 5. The Kier molecular flexibility index (Phi) is 19.2. The summed E-state index contributed by atoms with van der Waals surface area (Å²) in [6, 6.07) is -0.578. The number of nitrogens with zero attached hydrogens (tertiary/aromatic N) is 1. The third-order valence-corrected chi connectivity index (χ3v) is 5.28. The van der Waals surface area contributed by atoms with Gasteiger partial charge in [-0.05, 0) is 38.5 Å². The molecule has 2 N–H and O–H groups in total. The first kappa shape index (κ1) is 32.0. The number of rotatable bonds is 21. The van der Waals surface area contributed by atoms with Gasteiger partial charge in [-0.3, -0.25) is 4.79 Å². The predicted molar refractivity (Wildman–Crippen MR) is 137 cm³/mol. The monoisotopic (exact) mass is 482 g/mol. The number of carbonyl (C=O) groups is 2. The van der Waals surface area contributed by atoms with E-state index >= 15 is 0 Å². The van der Waals surface area contributed by atoms with Crippen LogP contribution in [0.2, 0.25) is 0 Å². The van der Waals surface area contributed by atoms with Gasteiger partial charge in [-0.1, -0.05) is 56.2 Å². The van der Waals surface area contributed by atoms with Crippen LogP contribution in [0.3, 0.4) is 0 Å². The van der Waals surface area contributed by atoms with Crippen molar-refractivity contribution in [3.8, 4) is 0 Å². The second kappa shape index (κ2) is 20.4. The van der Waals surface area contributed by atoms with Crippen LogP contribution in [0.15, 0.2) is 36.5 Å². The summed E-state index contributed by atoms with van der Waals surface area (Å²) < 4.78 is 10.8. The molecule has 0 aromatic heterocycles. The van der Waals surface area contributed by atoms with Gasteiger partial charge in [0.25, 0.3) is 0 Å². The number of carboxylic acid groups (broad SMARTS) is 1. The number of esters is 1. The number of carboxylic acids is 1. The maximum atomic E-state index is 11.8. The Labute approximate surface area is 206 Å². The number of aliphatic carboxylic acids is 1. The third kappa shape index (κ3) is 19.5. The molecule has 0 amide bonds. The highest BCUT2D eigenvalue weighted by Gasteiger charge is 2.30. The van der Waals surface area contributed by atoms with Crippen LogP contribution in [0, 0.1) is 0 Å². The number of allylic oxidation sites excluding steroid dienone is 6. The minimum atomic E-state index is -0.911. The molecule has 0 bridgehead atoms. The number of quaternary nitrogens is 1. The lowest BCUT2D eigenvalue weighted by Crippen LogP contribution is -2.50. The van der Waals surface area contributed by atoms with Crippen LogP contribution in [0.25, 0.3) is 0 Å². The minimum Gasteiger partial charge on any atom is -0.477 e. The predicted octanol–water partition coefficient (Wildman–Crippen LogP) is 4.66. The van der Waals surface area contributed by atoms with Crippen molar-refractivity contribution in [1.82, 2.24) is 0 Å². The molecule has 0 spiro atoms. The number of unbranched alkanes of at least 4 members (excludes halogenated alkanes) is 4. The Morgan fingerprint density at radius 2 is 1.50 bits per heavy atom. The Bertz CT molecular complexity index is 621. The van der Waals surface area contributed by atoms with E-state index in [1.165, 1.54) is 0 Å². The summed E-state index contributed by atoms with van der Waals surface area (Å²) in [5.74, 6) is -1.18. The fourth-order valence-corrected chi connectivity index (χ4v) is 3.28. The molecular formula is C27H48NO6+. The molecule has 7 heteroatoms. The van der Waals surface area contributed by atoms with Crippen LogP contribution in [0.4, 0.5) is 0 Å². The Hall–Kier alpha value is -1.96. The maximum Gasteiger partial charge on any atom is 0.362 e. The van der Waals surface area contributed by atoms with Crippen LogP contribution in [-0.4, -0.2) is 79.7 Å². The summed E-state index contributed by atoms with van der Waals surface area (Å²) >= 11 is 0. The molecule has 0 fully saturated rings. The molecule has 7 nitrogen and oxygen atoms in total. The highest BCUT2D eigenvalue weighted by molar-refractivity contribution is 5.72. The molecule has 0 radical (unpaired) electrons. The first-order valence-corrected chi connectivity index (χ1v) is 12.6. The smallest absolute Gasteiger partial charge is 0.362 e. The largest absolute Gasteiger partial charge is 0.477 e. The molecule has 0 aliphatic carbocycles. The van der Waals surface area contributed by atoms with Gasteiger partial charge < -0.3 is 24.2 Å². The zero-order valence-corrected chi connectivity index (χ0v) is 21.8. The zero-order valence-electron chi connectivity index (χ0n) is 21.8. The van der Waals surface area contributed by atoms with Crippen molar-refractivity contribution in [3.05, 3.63) is 36.5 Å². The quantitative estimate of drug-likeness (QED) is 0.107. The lowest BCUT2D eigenvalue weighted by molar-refractivity contribution is -0.887. The first-order chi connectivity index (χ1) is 16.2. The standard InChI is InChI=1S/C27H47NO6/c1-5-6-7-8-9-10-11-12-13-14-15-16-17-18-19-26(30)34-23-24(29)22-33-21-20-25(27(31)32)28(2,3)4/h6-7,9-10,12-13,24-25,29H,5,8,11,14-23H2,1-4H3/p+1/b7-6+,10-9+,13-12+. The van der Waals surface area contributed by atoms with E-state index in [9.17, 15) is 19.8 Å². The molecule has 2 atom stereocenters. The number of aliphatic hydroxyl groups excluding tert-OH is 1. The van der Waals surface area contributed by atoms with Crippen molar-refractivity contribution < 1.29 is 33.8 Å². The Balaban J connectivity index is 3.67. The zero-order chi connectivity index (χ0) is 25.7. The van der Waals surface area contributed by atoms with Crippen molar-refractivity contribution in [2.75, 3.05) is 41.0 Å². The highest BCUT2D eigenvalue weighted by Crippen LogP contribution is 2.09. The first-order valence-electron chi connectivity index (χ1n) is 12.6. The summed E-state index contributed by atoms with van der Waals surface area (Å²) in [7, 11) is 5.45. The van der Waals surface area contributed by atoms with Gasteiger partial charge in [-0.15, -0.1) is 0 Å². The average molecular weight is 483 g/mol. The molecule has 0 aliphatic heterocycles. The Morgan fingerprint density at radius 1 is 0.882 bits per heavy atom. The molecule has 2 unspecified atom stereocenters. The van der Waals surface area contributed by atoms with Gasteiger partial charge in [0.05, 0.1) is 34.4 Å². The fraction of sp³-hybridized carbons (Fsp3) is 0.704. The van der Waals surface area contributed by atoms with E-state index in [0.29, 0.717) is 17.3 Å². The summed E-state index contributed by atoms with van der Waals surface area (Å²) in [5.41, 5.74) is 0. The summed E-state index contributed by atoms with van der Waals surface area (Å²) in [6.45, 7) is 2.26. The normalized spacial score (nSPS) is 14.3. The summed E-state index contributed by atoms with van der Waals surface area (Å²) in [4.78, 5) is 23.1. The van der Waals surface area contributed by atoms with E-state index in [0.717, 1.165) is 51.4 Å². The molecule has 0 heterocycles. The van der Waals surface area contributed by atoms with E-state index in [4.69, 9.17) is 9.47 Å². The molecular weight excluding hydrogens is 434 g/mol. The van der Waals surface area contributed by atoms with Gasteiger partial charge in [0.2, 0.25) is 0 Å². The second-order valence-corrected chi connectivity index (χ2v) is 9.42. The summed E-state index contributed by atoms with van der Waals surface area (Å²) in [5, 5.41) is 19.2. The van der Waals surface area contributed by atoms with Crippen LogP contribution >= 0.6 is 0 Å². The Morgan fingerprint density at radius 3 is 2.12 bits per heavy atom. The van der Waals surface area contributed by atoms with E-state index in [-0.39, 0.29) is 25.8 Å². The van der Waals surface area contributed by atoms with Crippen LogP contribution in [0.5, 0.6) is 0 Å². The molecule has 34 heavy (non-hydrogen) atoms. The van der Waals surface area contributed by atoms with Crippen LogP contribution in [0.1, 0.15) is 71.1 Å². The lowest BCUT2D eigenvalue weighted by atomic mass is 10.1. The number of hydrogen-bond donors (Lipinski definition) is 2.